The maximum atomic E-state index is 10.5. The molecular weight excluding hydrogens is 142 g/mol. The van der Waals surface area contributed by atoms with E-state index >= 15 is 0 Å². The van der Waals surface area contributed by atoms with Crippen molar-refractivity contribution in [2.45, 2.75) is 26.8 Å². The third-order valence-electron chi connectivity index (χ3n) is 3.13. The van der Waals surface area contributed by atoms with E-state index < -0.39 is 12.0 Å². The summed E-state index contributed by atoms with van der Waals surface area (Å²) in [5.74, 6) is -0.291. The average molecular weight is 157 g/mol. The molecule has 64 valence electrons. The number of hydrogen-bond donors (Lipinski definition) is 2. The lowest BCUT2D eigenvalue weighted by Crippen LogP contribution is -2.34. The lowest BCUT2D eigenvalue weighted by molar-refractivity contribution is -0.139. The highest BCUT2D eigenvalue weighted by Crippen LogP contribution is 2.59. The molecule has 3 heteroatoms. The second-order valence-corrected chi connectivity index (χ2v) is 4.00. The third kappa shape index (κ3) is 1.13. The van der Waals surface area contributed by atoms with Gasteiger partial charge in [0, 0.05) is 0 Å². The number of carboxylic acids is 1. The van der Waals surface area contributed by atoms with E-state index in [-0.39, 0.29) is 11.3 Å². The Kier molecular flexibility index (Phi) is 1.71. The Morgan fingerprint density at radius 3 is 2.09 bits per heavy atom. The first-order valence-corrected chi connectivity index (χ1v) is 3.87. The van der Waals surface area contributed by atoms with Gasteiger partial charge in [0.25, 0.3) is 0 Å². The van der Waals surface area contributed by atoms with Crippen LogP contribution in [0.1, 0.15) is 20.8 Å². The molecule has 1 rings (SSSR count). The highest BCUT2D eigenvalue weighted by Gasteiger charge is 2.58. The molecule has 1 fully saturated rings. The zero-order chi connectivity index (χ0) is 8.81. The topological polar surface area (TPSA) is 63.3 Å². The normalized spacial score (nSPS) is 36.4. The quantitative estimate of drug-likeness (QED) is 0.620. The van der Waals surface area contributed by atoms with E-state index in [2.05, 4.69) is 13.8 Å². The minimum Gasteiger partial charge on any atom is -0.480 e. The molecule has 3 atom stereocenters. The van der Waals surface area contributed by atoms with Crippen LogP contribution >= 0.6 is 0 Å². The number of rotatable bonds is 2. The summed E-state index contributed by atoms with van der Waals surface area (Å²) in [7, 11) is 0. The van der Waals surface area contributed by atoms with Crippen molar-refractivity contribution in [3.8, 4) is 0 Å². The van der Waals surface area contributed by atoms with Crippen molar-refractivity contribution in [1.82, 2.24) is 0 Å². The predicted octanol–water partition coefficient (Wildman–Crippen LogP) is 0.690. The van der Waals surface area contributed by atoms with E-state index in [1.165, 1.54) is 0 Å². The van der Waals surface area contributed by atoms with E-state index in [0.29, 0.717) is 5.92 Å². The van der Waals surface area contributed by atoms with Gasteiger partial charge < -0.3 is 10.8 Å². The minimum absolute atomic E-state index is 0.123. The molecule has 0 aromatic rings. The molecule has 1 saturated carbocycles. The molecule has 0 bridgehead atoms. The van der Waals surface area contributed by atoms with Crippen LogP contribution in [0.5, 0.6) is 0 Å². The highest BCUT2D eigenvalue weighted by atomic mass is 16.4. The van der Waals surface area contributed by atoms with Gasteiger partial charge in [0.05, 0.1) is 0 Å². The highest BCUT2D eigenvalue weighted by molar-refractivity contribution is 5.74. The molecule has 1 aliphatic rings. The molecule has 0 aromatic carbocycles. The predicted molar refractivity (Wildman–Crippen MR) is 42.0 cm³/mol. The summed E-state index contributed by atoms with van der Waals surface area (Å²) in [5.41, 5.74) is 5.61. The SMILES string of the molecule is CC1C(C(N)C(=O)O)C1(C)C. The standard InChI is InChI=1S/C8H15NO2/c1-4-5(8(4,2)3)6(9)7(10)11/h4-6H,9H2,1-3H3,(H,10,11). The van der Waals surface area contributed by atoms with Crippen molar-refractivity contribution in [3.05, 3.63) is 0 Å². The zero-order valence-electron chi connectivity index (χ0n) is 7.16. The van der Waals surface area contributed by atoms with Gasteiger partial charge in [-0.15, -0.1) is 0 Å². The van der Waals surface area contributed by atoms with E-state index in [9.17, 15) is 4.79 Å². The molecule has 0 aliphatic heterocycles. The number of carbonyl (C=O) groups is 1. The molecule has 3 nitrogen and oxygen atoms in total. The van der Waals surface area contributed by atoms with Gasteiger partial charge in [0.2, 0.25) is 0 Å². The smallest absolute Gasteiger partial charge is 0.320 e. The van der Waals surface area contributed by atoms with Crippen LogP contribution in [0.15, 0.2) is 0 Å². The monoisotopic (exact) mass is 157 g/mol. The largest absolute Gasteiger partial charge is 0.480 e. The maximum absolute atomic E-state index is 10.5. The van der Waals surface area contributed by atoms with Crippen molar-refractivity contribution in [1.29, 1.82) is 0 Å². The molecule has 0 heterocycles. The molecule has 0 radical (unpaired) electrons. The van der Waals surface area contributed by atoms with Crippen LogP contribution in [0, 0.1) is 17.3 Å². The number of aliphatic carboxylic acids is 1. The van der Waals surface area contributed by atoms with Gasteiger partial charge in [-0.05, 0) is 17.3 Å². The Hall–Kier alpha value is -0.570. The summed E-state index contributed by atoms with van der Waals surface area (Å²) in [6, 6.07) is -0.681. The second-order valence-electron chi connectivity index (χ2n) is 4.00. The first-order valence-electron chi connectivity index (χ1n) is 3.87. The van der Waals surface area contributed by atoms with Crippen LogP contribution in [0.4, 0.5) is 0 Å². The van der Waals surface area contributed by atoms with Crippen molar-refractivity contribution in [3.63, 3.8) is 0 Å². The fourth-order valence-electron chi connectivity index (χ4n) is 1.87. The van der Waals surface area contributed by atoms with Crippen molar-refractivity contribution in [2.24, 2.45) is 23.0 Å². The van der Waals surface area contributed by atoms with Crippen LogP contribution in [0.2, 0.25) is 0 Å². The Morgan fingerprint density at radius 1 is 1.64 bits per heavy atom. The molecule has 0 amide bonds. The fourth-order valence-corrected chi connectivity index (χ4v) is 1.87. The van der Waals surface area contributed by atoms with Gasteiger partial charge in [0.15, 0.2) is 0 Å². The molecule has 0 aromatic heterocycles. The van der Waals surface area contributed by atoms with Gasteiger partial charge >= 0.3 is 5.97 Å². The van der Waals surface area contributed by atoms with Gasteiger partial charge in [-0.25, -0.2) is 0 Å². The third-order valence-corrected chi connectivity index (χ3v) is 3.13. The second kappa shape index (κ2) is 2.21. The van der Waals surface area contributed by atoms with E-state index in [1.54, 1.807) is 0 Å². The summed E-state index contributed by atoms with van der Waals surface area (Å²) in [5, 5.41) is 8.62. The Labute approximate surface area is 66.6 Å². The maximum Gasteiger partial charge on any atom is 0.320 e. The van der Waals surface area contributed by atoms with Crippen molar-refractivity contribution < 1.29 is 9.90 Å². The zero-order valence-corrected chi connectivity index (χ0v) is 7.16. The molecule has 3 unspecified atom stereocenters. The number of nitrogens with two attached hydrogens (primary N) is 1. The van der Waals surface area contributed by atoms with Crippen LogP contribution in [0.3, 0.4) is 0 Å². The Morgan fingerprint density at radius 2 is 2.00 bits per heavy atom. The van der Waals surface area contributed by atoms with Gasteiger partial charge in [-0.2, -0.15) is 0 Å². The average Bonchev–Trinajstić information content (AvgIpc) is 2.32. The van der Waals surface area contributed by atoms with Crippen molar-refractivity contribution >= 4 is 5.97 Å². The van der Waals surface area contributed by atoms with Crippen LogP contribution in [0.25, 0.3) is 0 Å². The first kappa shape index (κ1) is 8.53. The first-order chi connectivity index (χ1) is 4.89. The summed E-state index contributed by atoms with van der Waals surface area (Å²) >= 11 is 0. The molecule has 1 aliphatic carbocycles. The van der Waals surface area contributed by atoms with Gasteiger partial charge in [-0.3, -0.25) is 4.79 Å². The molecule has 11 heavy (non-hydrogen) atoms. The van der Waals surface area contributed by atoms with Gasteiger partial charge in [-0.1, -0.05) is 20.8 Å². The molecular formula is C8H15NO2. The summed E-state index contributed by atoms with van der Waals surface area (Å²) in [6.07, 6.45) is 0. The lowest BCUT2D eigenvalue weighted by Gasteiger charge is -2.06. The van der Waals surface area contributed by atoms with E-state index in [4.69, 9.17) is 10.8 Å². The lowest BCUT2D eigenvalue weighted by atomic mass is 10.1. The number of hydrogen-bond acceptors (Lipinski definition) is 2. The Bertz CT molecular complexity index is 189. The fraction of sp³-hybridized carbons (Fsp3) is 0.875. The van der Waals surface area contributed by atoms with Gasteiger partial charge in [0.1, 0.15) is 6.04 Å². The molecule has 3 N–H and O–H groups in total. The number of carboxylic acid groups (broad SMARTS) is 1. The Balaban J connectivity index is 2.60. The summed E-state index contributed by atoms with van der Waals surface area (Å²) < 4.78 is 0. The van der Waals surface area contributed by atoms with Crippen LogP contribution in [-0.2, 0) is 4.79 Å². The van der Waals surface area contributed by atoms with Crippen LogP contribution in [-0.4, -0.2) is 17.1 Å². The van der Waals surface area contributed by atoms with Crippen LogP contribution < -0.4 is 5.73 Å². The van der Waals surface area contributed by atoms with E-state index in [0.717, 1.165) is 0 Å². The van der Waals surface area contributed by atoms with Crippen molar-refractivity contribution in [2.75, 3.05) is 0 Å². The minimum atomic E-state index is -0.882. The van der Waals surface area contributed by atoms with E-state index in [1.807, 2.05) is 6.92 Å². The molecule has 0 saturated heterocycles. The summed E-state index contributed by atoms with van der Waals surface area (Å²) in [6.45, 7) is 6.17. The molecule has 0 spiro atoms. The summed E-state index contributed by atoms with van der Waals surface area (Å²) in [4.78, 5) is 10.5.